The van der Waals surface area contributed by atoms with Crippen molar-refractivity contribution in [3.63, 3.8) is 0 Å². The molecule has 0 saturated carbocycles. The maximum atomic E-state index is 14.2. The van der Waals surface area contributed by atoms with E-state index in [2.05, 4.69) is 38.2 Å². The van der Waals surface area contributed by atoms with Crippen LogP contribution in [0.25, 0.3) is 11.1 Å². The number of rotatable bonds is 6. The SMILES string of the molecule is CCCNC(C)c1ccc(F)c(-c2cccc(CC)c2)c1. The highest BCUT2D eigenvalue weighted by Gasteiger charge is 2.10. The topological polar surface area (TPSA) is 12.0 Å². The number of benzene rings is 2. The first-order chi connectivity index (χ1) is 10.2. The predicted octanol–water partition coefficient (Wildman–Crippen LogP) is 5.12. The lowest BCUT2D eigenvalue weighted by Gasteiger charge is -2.15. The van der Waals surface area contributed by atoms with Crippen molar-refractivity contribution in [2.24, 2.45) is 0 Å². The zero-order chi connectivity index (χ0) is 15.2. The van der Waals surface area contributed by atoms with Crippen LogP contribution in [0.5, 0.6) is 0 Å². The normalized spacial score (nSPS) is 12.4. The molecule has 21 heavy (non-hydrogen) atoms. The van der Waals surface area contributed by atoms with Gasteiger partial charge in [-0.3, -0.25) is 0 Å². The molecule has 0 radical (unpaired) electrons. The van der Waals surface area contributed by atoms with Crippen LogP contribution in [0.1, 0.15) is 44.4 Å². The molecule has 0 bridgehead atoms. The maximum absolute atomic E-state index is 14.2. The van der Waals surface area contributed by atoms with E-state index in [1.165, 1.54) is 5.56 Å². The van der Waals surface area contributed by atoms with Crippen LogP contribution in [-0.2, 0) is 6.42 Å². The van der Waals surface area contributed by atoms with Gasteiger partial charge in [0.05, 0.1) is 0 Å². The summed E-state index contributed by atoms with van der Waals surface area (Å²) in [6.07, 6.45) is 2.06. The summed E-state index contributed by atoms with van der Waals surface area (Å²) in [5.41, 5.74) is 4.00. The third kappa shape index (κ3) is 3.92. The fraction of sp³-hybridized carbons (Fsp3) is 0.368. The molecule has 0 spiro atoms. The summed E-state index contributed by atoms with van der Waals surface area (Å²) in [5, 5.41) is 3.45. The van der Waals surface area contributed by atoms with Crippen LogP contribution in [0, 0.1) is 5.82 Å². The van der Waals surface area contributed by atoms with E-state index in [0.717, 1.165) is 30.5 Å². The molecule has 0 amide bonds. The molecular weight excluding hydrogens is 261 g/mol. The maximum Gasteiger partial charge on any atom is 0.131 e. The third-order valence-corrected chi connectivity index (χ3v) is 3.84. The molecule has 2 aromatic carbocycles. The Hall–Kier alpha value is -1.67. The van der Waals surface area contributed by atoms with Crippen LogP contribution in [0.4, 0.5) is 4.39 Å². The Morgan fingerprint density at radius 3 is 2.62 bits per heavy atom. The molecule has 0 fully saturated rings. The second kappa shape index (κ2) is 7.37. The molecule has 0 aliphatic heterocycles. The van der Waals surface area contributed by atoms with Crippen LogP contribution in [0.3, 0.4) is 0 Å². The fourth-order valence-corrected chi connectivity index (χ4v) is 2.47. The lowest BCUT2D eigenvalue weighted by Crippen LogP contribution is -2.19. The fourth-order valence-electron chi connectivity index (χ4n) is 2.47. The Labute approximate surface area is 127 Å². The van der Waals surface area contributed by atoms with Gasteiger partial charge in [0, 0.05) is 11.6 Å². The number of hydrogen-bond donors (Lipinski definition) is 1. The van der Waals surface area contributed by atoms with Gasteiger partial charge in [-0.25, -0.2) is 4.39 Å². The molecule has 0 aliphatic rings. The molecule has 2 rings (SSSR count). The summed E-state index contributed by atoms with van der Waals surface area (Å²) >= 11 is 0. The van der Waals surface area contributed by atoms with Crippen molar-refractivity contribution in [3.05, 3.63) is 59.4 Å². The Morgan fingerprint density at radius 2 is 1.90 bits per heavy atom. The van der Waals surface area contributed by atoms with Crippen LogP contribution < -0.4 is 5.32 Å². The molecule has 1 atom stereocenters. The van der Waals surface area contributed by atoms with E-state index in [4.69, 9.17) is 0 Å². The summed E-state index contributed by atoms with van der Waals surface area (Å²) in [7, 11) is 0. The standard InChI is InChI=1S/C19H24FN/c1-4-11-21-14(3)16-9-10-19(20)18(13-16)17-8-6-7-15(5-2)12-17/h6-10,12-14,21H,4-5,11H2,1-3H3. The molecule has 112 valence electrons. The Kier molecular flexibility index (Phi) is 5.51. The number of halogens is 1. The van der Waals surface area contributed by atoms with Gasteiger partial charge in [0.15, 0.2) is 0 Å². The average Bonchev–Trinajstić information content (AvgIpc) is 2.53. The lowest BCUT2D eigenvalue weighted by atomic mass is 9.97. The van der Waals surface area contributed by atoms with Crippen molar-refractivity contribution in [2.75, 3.05) is 6.54 Å². The van der Waals surface area contributed by atoms with Crippen molar-refractivity contribution in [1.29, 1.82) is 0 Å². The van der Waals surface area contributed by atoms with Gasteiger partial charge in [-0.15, -0.1) is 0 Å². The van der Waals surface area contributed by atoms with Gasteiger partial charge in [-0.05, 0) is 55.1 Å². The first-order valence-corrected chi connectivity index (χ1v) is 7.77. The van der Waals surface area contributed by atoms with Gasteiger partial charge in [0.1, 0.15) is 5.82 Å². The number of aryl methyl sites for hydroxylation is 1. The van der Waals surface area contributed by atoms with E-state index < -0.39 is 0 Å². The van der Waals surface area contributed by atoms with Crippen molar-refractivity contribution in [1.82, 2.24) is 5.32 Å². The minimum absolute atomic E-state index is 0.158. The largest absolute Gasteiger partial charge is 0.310 e. The van der Waals surface area contributed by atoms with E-state index in [9.17, 15) is 4.39 Å². The average molecular weight is 285 g/mol. The monoisotopic (exact) mass is 285 g/mol. The van der Waals surface area contributed by atoms with E-state index in [-0.39, 0.29) is 11.9 Å². The van der Waals surface area contributed by atoms with Crippen molar-refractivity contribution < 1.29 is 4.39 Å². The summed E-state index contributed by atoms with van der Waals surface area (Å²) in [4.78, 5) is 0. The molecule has 1 N–H and O–H groups in total. The van der Waals surface area contributed by atoms with E-state index in [0.29, 0.717) is 5.56 Å². The van der Waals surface area contributed by atoms with Gasteiger partial charge in [-0.2, -0.15) is 0 Å². The Morgan fingerprint density at radius 1 is 1.10 bits per heavy atom. The molecule has 1 nitrogen and oxygen atoms in total. The Balaban J connectivity index is 2.34. The number of hydrogen-bond acceptors (Lipinski definition) is 1. The first-order valence-electron chi connectivity index (χ1n) is 7.77. The molecule has 0 aromatic heterocycles. The van der Waals surface area contributed by atoms with Crippen LogP contribution in [-0.4, -0.2) is 6.54 Å². The van der Waals surface area contributed by atoms with Gasteiger partial charge in [0.2, 0.25) is 0 Å². The molecular formula is C19H24FN. The quantitative estimate of drug-likeness (QED) is 0.777. The van der Waals surface area contributed by atoms with Crippen LogP contribution in [0.15, 0.2) is 42.5 Å². The highest BCUT2D eigenvalue weighted by Crippen LogP contribution is 2.27. The second-order valence-corrected chi connectivity index (χ2v) is 5.47. The van der Waals surface area contributed by atoms with Gasteiger partial charge >= 0.3 is 0 Å². The van der Waals surface area contributed by atoms with Crippen molar-refractivity contribution in [3.8, 4) is 11.1 Å². The van der Waals surface area contributed by atoms with Gasteiger partial charge in [0.25, 0.3) is 0 Å². The van der Waals surface area contributed by atoms with E-state index in [1.807, 2.05) is 24.3 Å². The zero-order valence-electron chi connectivity index (χ0n) is 13.1. The van der Waals surface area contributed by atoms with E-state index >= 15 is 0 Å². The summed E-state index contributed by atoms with van der Waals surface area (Å²) in [6.45, 7) is 7.35. The summed E-state index contributed by atoms with van der Waals surface area (Å²) in [5.74, 6) is -0.158. The summed E-state index contributed by atoms with van der Waals surface area (Å²) in [6, 6.07) is 13.8. The van der Waals surface area contributed by atoms with E-state index in [1.54, 1.807) is 6.07 Å². The second-order valence-electron chi connectivity index (χ2n) is 5.47. The van der Waals surface area contributed by atoms with Gasteiger partial charge in [-0.1, -0.05) is 44.2 Å². The Bertz CT molecular complexity index is 592. The van der Waals surface area contributed by atoms with Crippen LogP contribution >= 0.6 is 0 Å². The highest BCUT2D eigenvalue weighted by molar-refractivity contribution is 5.66. The molecule has 2 aromatic rings. The zero-order valence-corrected chi connectivity index (χ0v) is 13.1. The van der Waals surface area contributed by atoms with Crippen molar-refractivity contribution in [2.45, 2.75) is 39.7 Å². The van der Waals surface area contributed by atoms with Crippen molar-refractivity contribution >= 4 is 0 Å². The molecule has 0 heterocycles. The molecule has 1 unspecified atom stereocenters. The highest BCUT2D eigenvalue weighted by atomic mass is 19.1. The lowest BCUT2D eigenvalue weighted by molar-refractivity contribution is 0.568. The third-order valence-electron chi connectivity index (χ3n) is 3.84. The molecule has 0 aliphatic carbocycles. The summed E-state index contributed by atoms with van der Waals surface area (Å²) < 4.78 is 14.2. The molecule has 0 saturated heterocycles. The minimum atomic E-state index is -0.158. The minimum Gasteiger partial charge on any atom is -0.310 e. The van der Waals surface area contributed by atoms with Crippen LogP contribution in [0.2, 0.25) is 0 Å². The number of nitrogens with one attached hydrogen (secondary N) is 1. The smallest absolute Gasteiger partial charge is 0.131 e. The predicted molar refractivity (Wildman–Crippen MR) is 87.9 cm³/mol. The van der Waals surface area contributed by atoms with Gasteiger partial charge < -0.3 is 5.32 Å². The first kappa shape index (κ1) is 15.7. The molecule has 2 heteroatoms.